The van der Waals surface area contributed by atoms with Crippen molar-refractivity contribution in [2.75, 3.05) is 65.1 Å². The van der Waals surface area contributed by atoms with E-state index < -0.39 is 0 Å². The summed E-state index contributed by atoms with van der Waals surface area (Å²) in [6.07, 6.45) is 1.54. The first-order chi connectivity index (χ1) is 9.65. The summed E-state index contributed by atoms with van der Waals surface area (Å²) < 4.78 is 5.38. The van der Waals surface area contributed by atoms with Crippen LogP contribution in [0.4, 0.5) is 11.6 Å². The number of piperazine rings is 1. The van der Waals surface area contributed by atoms with E-state index in [1.165, 1.54) is 6.33 Å². The Morgan fingerprint density at radius 2 is 2.05 bits per heavy atom. The third-order valence-corrected chi connectivity index (χ3v) is 3.73. The Kier molecular flexibility index (Phi) is 4.97. The van der Waals surface area contributed by atoms with Gasteiger partial charge in [0, 0.05) is 39.3 Å². The molecule has 0 amide bonds. The van der Waals surface area contributed by atoms with Crippen LogP contribution >= 0.6 is 0 Å². The maximum atomic E-state index is 5.38. The molecule has 0 radical (unpaired) electrons. The van der Waals surface area contributed by atoms with Crippen molar-refractivity contribution in [2.45, 2.75) is 6.04 Å². The highest BCUT2D eigenvalue weighted by atomic mass is 16.5. The smallest absolute Gasteiger partial charge is 0.204 e. The molecule has 7 nitrogen and oxygen atoms in total. The lowest BCUT2D eigenvalue weighted by atomic mass is 10.2. The third kappa shape index (κ3) is 3.29. The van der Waals surface area contributed by atoms with E-state index in [4.69, 9.17) is 4.74 Å². The maximum absolute atomic E-state index is 5.38. The minimum Gasteiger partial charge on any atom is -0.490 e. The number of aromatic nitrogens is 2. The summed E-state index contributed by atoms with van der Waals surface area (Å²) >= 11 is 0. The van der Waals surface area contributed by atoms with E-state index in [-0.39, 0.29) is 0 Å². The van der Waals surface area contributed by atoms with Gasteiger partial charge < -0.3 is 20.3 Å². The average molecular weight is 280 g/mol. The van der Waals surface area contributed by atoms with Crippen molar-refractivity contribution >= 4 is 11.6 Å². The number of likely N-dealkylation sites (N-methyl/N-ethyl adjacent to an activating group) is 2. The van der Waals surface area contributed by atoms with Crippen LogP contribution in [0.1, 0.15) is 0 Å². The van der Waals surface area contributed by atoms with Gasteiger partial charge in [0.25, 0.3) is 0 Å². The molecule has 2 N–H and O–H groups in total. The van der Waals surface area contributed by atoms with Gasteiger partial charge in [-0.3, -0.25) is 4.90 Å². The lowest BCUT2D eigenvalue weighted by Crippen LogP contribution is -2.52. The summed E-state index contributed by atoms with van der Waals surface area (Å²) in [4.78, 5) is 13.1. The van der Waals surface area contributed by atoms with Crippen molar-refractivity contribution in [3.8, 4) is 5.75 Å². The van der Waals surface area contributed by atoms with E-state index in [1.807, 2.05) is 7.05 Å². The monoisotopic (exact) mass is 280 g/mol. The molecule has 0 saturated carbocycles. The Morgan fingerprint density at radius 3 is 2.75 bits per heavy atom. The molecule has 1 aliphatic rings. The Bertz CT molecular complexity index is 441. The van der Waals surface area contributed by atoms with Crippen LogP contribution in [0.5, 0.6) is 5.75 Å². The second-order valence-electron chi connectivity index (χ2n) is 5.13. The van der Waals surface area contributed by atoms with Crippen LogP contribution in [0.2, 0.25) is 0 Å². The van der Waals surface area contributed by atoms with Crippen molar-refractivity contribution in [2.24, 2.45) is 0 Å². The number of nitrogens with zero attached hydrogens (tertiary/aromatic N) is 4. The molecule has 1 aromatic heterocycles. The maximum Gasteiger partial charge on any atom is 0.204 e. The molecule has 7 heteroatoms. The highest BCUT2D eigenvalue weighted by molar-refractivity contribution is 5.63. The van der Waals surface area contributed by atoms with Gasteiger partial charge in [0.2, 0.25) is 5.75 Å². The minimum absolute atomic E-state index is 0.464. The molecule has 0 aromatic carbocycles. The molecule has 0 bridgehead atoms. The van der Waals surface area contributed by atoms with Crippen LogP contribution in [0.3, 0.4) is 0 Å². The Labute approximate surface area is 120 Å². The summed E-state index contributed by atoms with van der Waals surface area (Å²) in [7, 11) is 7.77. The topological polar surface area (TPSA) is 65.6 Å². The predicted molar refractivity (Wildman–Crippen MR) is 80.5 cm³/mol. The van der Waals surface area contributed by atoms with Crippen molar-refractivity contribution < 1.29 is 4.74 Å². The van der Waals surface area contributed by atoms with Gasteiger partial charge in [-0.15, -0.1) is 0 Å². The van der Waals surface area contributed by atoms with E-state index in [0.717, 1.165) is 32.0 Å². The Balaban J connectivity index is 2.03. The third-order valence-electron chi connectivity index (χ3n) is 3.73. The molecule has 1 saturated heterocycles. The molecule has 2 heterocycles. The average Bonchev–Trinajstić information content (AvgIpc) is 2.47. The van der Waals surface area contributed by atoms with Crippen molar-refractivity contribution in [3.63, 3.8) is 0 Å². The van der Waals surface area contributed by atoms with Gasteiger partial charge >= 0.3 is 0 Å². The number of ether oxygens (including phenoxy) is 1. The van der Waals surface area contributed by atoms with E-state index in [2.05, 4.69) is 44.5 Å². The van der Waals surface area contributed by atoms with Crippen LogP contribution in [0.25, 0.3) is 0 Å². The van der Waals surface area contributed by atoms with Gasteiger partial charge in [-0.1, -0.05) is 0 Å². The van der Waals surface area contributed by atoms with Gasteiger partial charge in [0.05, 0.1) is 7.11 Å². The molecule has 112 valence electrons. The molecule has 1 aromatic rings. The molecule has 20 heavy (non-hydrogen) atoms. The summed E-state index contributed by atoms with van der Waals surface area (Å²) in [5, 5.41) is 6.38. The van der Waals surface area contributed by atoms with Crippen LogP contribution in [-0.2, 0) is 0 Å². The highest BCUT2D eigenvalue weighted by Gasteiger charge is 2.22. The minimum atomic E-state index is 0.464. The van der Waals surface area contributed by atoms with Gasteiger partial charge in [0.15, 0.2) is 11.6 Å². The number of anilines is 2. The summed E-state index contributed by atoms with van der Waals surface area (Å²) in [6, 6.07) is 0.464. The summed E-state index contributed by atoms with van der Waals surface area (Å²) in [5.74, 6) is 2.08. The number of methoxy groups -OCH3 is 1. The fourth-order valence-electron chi connectivity index (χ4n) is 2.41. The SMILES string of the molecule is CNc1ncnc(NCC2CN(C)CCN2C)c1OC. The zero-order valence-electron chi connectivity index (χ0n) is 12.7. The van der Waals surface area contributed by atoms with Crippen LogP contribution in [0.15, 0.2) is 6.33 Å². The van der Waals surface area contributed by atoms with Crippen molar-refractivity contribution in [1.29, 1.82) is 0 Å². The van der Waals surface area contributed by atoms with Crippen molar-refractivity contribution in [1.82, 2.24) is 19.8 Å². The molecule has 1 aliphatic heterocycles. The molecular formula is C13H24N6O. The van der Waals surface area contributed by atoms with Crippen molar-refractivity contribution in [3.05, 3.63) is 6.33 Å². The zero-order chi connectivity index (χ0) is 14.5. The van der Waals surface area contributed by atoms with Gasteiger partial charge in [-0.25, -0.2) is 9.97 Å². The van der Waals surface area contributed by atoms with Gasteiger partial charge in [-0.2, -0.15) is 0 Å². The summed E-state index contributed by atoms with van der Waals surface area (Å²) in [5.41, 5.74) is 0. The van der Waals surface area contributed by atoms with E-state index in [1.54, 1.807) is 7.11 Å². The number of nitrogens with one attached hydrogen (secondary N) is 2. The second-order valence-corrected chi connectivity index (χ2v) is 5.13. The number of hydrogen-bond donors (Lipinski definition) is 2. The quantitative estimate of drug-likeness (QED) is 0.798. The molecule has 1 fully saturated rings. The lowest BCUT2D eigenvalue weighted by molar-refractivity contribution is 0.121. The van der Waals surface area contributed by atoms with Crippen LogP contribution < -0.4 is 15.4 Å². The number of rotatable bonds is 5. The largest absolute Gasteiger partial charge is 0.490 e. The lowest BCUT2D eigenvalue weighted by Gasteiger charge is -2.37. The van der Waals surface area contributed by atoms with Gasteiger partial charge in [0.1, 0.15) is 6.33 Å². The van der Waals surface area contributed by atoms with E-state index >= 15 is 0 Å². The zero-order valence-corrected chi connectivity index (χ0v) is 12.7. The first kappa shape index (κ1) is 14.8. The fourth-order valence-corrected chi connectivity index (χ4v) is 2.41. The molecule has 1 atom stereocenters. The molecular weight excluding hydrogens is 256 g/mol. The second kappa shape index (κ2) is 6.71. The first-order valence-electron chi connectivity index (χ1n) is 6.85. The van der Waals surface area contributed by atoms with Gasteiger partial charge in [-0.05, 0) is 14.1 Å². The van der Waals surface area contributed by atoms with Crippen LogP contribution in [-0.4, -0.2) is 80.2 Å². The Hall–Kier alpha value is -1.60. The normalized spacial score (nSPS) is 20.7. The highest BCUT2D eigenvalue weighted by Crippen LogP contribution is 2.28. The van der Waals surface area contributed by atoms with E-state index in [0.29, 0.717) is 17.6 Å². The van der Waals surface area contributed by atoms with Crippen LogP contribution in [0, 0.1) is 0 Å². The predicted octanol–water partition coefficient (Wildman–Crippen LogP) is 0.185. The standard InChI is InChI=1S/C13H24N6O/c1-14-12-11(20-4)13(17-9-16-12)15-7-10-8-18(2)5-6-19(10)3/h9-10H,5-8H2,1-4H3,(H2,14,15,16,17). The number of hydrogen-bond acceptors (Lipinski definition) is 7. The first-order valence-corrected chi connectivity index (χ1v) is 6.85. The molecule has 2 rings (SSSR count). The summed E-state index contributed by atoms with van der Waals surface area (Å²) in [6.45, 7) is 4.09. The molecule has 1 unspecified atom stereocenters. The van der Waals surface area contributed by atoms with E-state index in [9.17, 15) is 0 Å². The molecule has 0 spiro atoms. The molecule has 0 aliphatic carbocycles. The Morgan fingerprint density at radius 1 is 1.30 bits per heavy atom. The fraction of sp³-hybridized carbons (Fsp3) is 0.692.